The molecule has 8 nitrogen and oxygen atoms in total. The number of thiazole rings is 1. The molecule has 0 unspecified atom stereocenters. The Bertz CT molecular complexity index is 1490. The minimum Gasteiger partial charge on any atom is -0.496 e. The summed E-state index contributed by atoms with van der Waals surface area (Å²) < 4.78 is 8.16. The van der Waals surface area contributed by atoms with Crippen molar-refractivity contribution in [2.45, 2.75) is 33.1 Å². The third kappa shape index (κ3) is 4.45. The van der Waals surface area contributed by atoms with Crippen molar-refractivity contribution < 1.29 is 9.53 Å². The number of aromatic nitrogens is 3. The Labute approximate surface area is 193 Å². The zero-order valence-electron chi connectivity index (χ0n) is 19.0. The van der Waals surface area contributed by atoms with Crippen LogP contribution in [0.1, 0.15) is 33.3 Å². The lowest BCUT2D eigenvalue weighted by molar-refractivity contribution is -0.114. The van der Waals surface area contributed by atoms with Crippen molar-refractivity contribution in [1.29, 1.82) is 0 Å². The van der Waals surface area contributed by atoms with E-state index in [2.05, 4.69) is 36.1 Å². The number of anilines is 1. The number of rotatable bonds is 4. The maximum Gasteiger partial charge on any atom is 0.332 e. The second-order valence-electron chi connectivity index (χ2n) is 8.69. The summed E-state index contributed by atoms with van der Waals surface area (Å²) in [6.45, 7) is 7.65. The maximum absolute atomic E-state index is 12.5. The number of aromatic amines is 1. The molecular weight excluding hydrogens is 440 g/mol. The lowest BCUT2D eigenvalue weighted by Gasteiger charge is -2.25. The average Bonchev–Trinajstić information content (AvgIpc) is 3.12. The van der Waals surface area contributed by atoms with Crippen LogP contribution in [0.3, 0.4) is 0 Å². The van der Waals surface area contributed by atoms with Crippen molar-refractivity contribution in [2.24, 2.45) is 0 Å². The first-order chi connectivity index (χ1) is 15.6. The Morgan fingerprint density at radius 2 is 1.91 bits per heavy atom. The first kappa shape index (κ1) is 22.5. The minimum atomic E-state index is -0.517. The van der Waals surface area contributed by atoms with Gasteiger partial charge in [-0.1, -0.05) is 38.2 Å². The molecule has 0 aliphatic carbocycles. The van der Waals surface area contributed by atoms with Crippen LogP contribution in [0.4, 0.5) is 5.13 Å². The highest BCUT2D eigenvalue weighted by Crippen LogP contribution is 2.42. The van der Waals surface area contributed by atoms with E-state index in [1.807, 2.05) is 30.3 Å². The summed E-state index contributed by atoms with van der Waals surface area (Å²) in [5.41, 5.74) is 2.73. The monoisotopic (exact) mass is 464 g/mol. The van der Waals surface area contributed by atoms with E-state index in [-0.39, 0.29) is 11.3 Å². The maximum atomic E-state index is 12.5. The van der Waals surface area contributed by atoms with Gasteiger partial charge in [0.2, 0.25) is 5.91 Å². The van der Waals surface area contributed by atoms with Gasteiger partial charge in [0, 0.05) is 30.3 Å². The summed E-state index contributed by atoms with van der Waals surface area (Å²) in [6, 6.07) is 10.9. The lowest BCUT2D eigenvalue weighted by atomic mass is 9.83. The standard InChI is InChI=1S/C24H24N4O4S/c1-13(29)25-22-26-18-7-6-14(10-19(18)33-22)16-11-15(28-9-8-20(30)27-23(28)31)12-17(21(16)32-5)24(2,3)4/h6-12H,1-5H3,(H,25,26,29)(H,27,30,31). The first-order valence-electron chi connectivity index (χ1n) is 10.3. The topological polar surface area (TPSA) is 106 Å². The first-order valence-corrected chi connectivity index (χ1v) is 11.1. The van der Waals surface area contributed by atoms with Crippen LogP contribution in [0.15, 0.2) is 52.2 Å². The normalized spacial score (nSPS) is 11.5. The van der Waals surface area contributed by atoms with Gasteiger partial charge in [0.05, 0.1) is 23.0 Å². The van der Waals surface area contributed by atoms with Crippen LogP contribution in [0.25, 0.3) is 27.0 Å². The van der Waals surface area contributed by atoms with E-state index in [1.165, 1.54) is 35.1 Å². The number of H-pyrrole nitrogens is 1. The van der Waals surface area contributed by atoms with Gasteiger partial charge in [0.1, 0.15) is 5.75 Å². The van der Waals surface area contributed by atoms with Gasteiger partial charge in [-0.05, 0) is 35.2 Å². The Morgan fingerprint density at radius 3 is 2.55 bits per heavy atom. The molecule has 33 heavy (non-hydrogen) atoms. The van der Waals surface area contributed by atoms with Gasteiger partial charge >= 0.3 is 5.69 Å². The number of hydrogen-bond donors (Lipinski definition) is 2. The van der Waals surface area contributed by atoms with Gasteiger partial charge in [0.15, 0.2) is 5.13 Å². The molecule has 0 aliphatic heterocycles. The largest absolute Gasteiger partial charge is 0.496 e. The van der Waals surface area contributed by atoms with Gasteiger partial charge in [0.25, 0.3) is 5.56 Å². The van der Waals surface area contributed by atoms with Gasteiger partial charge in [-0.2, -0.15) is 0 Å². The highest BCUT2D eigenvalue weighted by Gasteiger charge is 2.24. The number of ether oxygens (including phenoxy) is 1. The fraction of sp³-hybridized carbons (Fsp3) is 0.250. The summed E-state index contributed by atoms with van der Waals surface area (Å²) >= 11 is 1.38. The molecule has 2 N–H and O–H groups in total. The van der Waals surface area contributed by atoms with Crippen LogP contribution in [0.5, 0.6) is 5.75 Å². The highest BCUT2D eigenvalue weighted by atomic mass is 32.1. The number of nitrogens with one attached hydrogen (secondary N) is 2. The van der Waals surface area contributed by atoms with E-state index < -0.39 is 11.2 Å². The van der Waals surface area contributed by atoms with Gasteiger partial charge in [-0.25, -0.2) is 9.78 Å². The molecule has 2 heterocycles. The molecule has 4 aromatic rings. The SMILES string of the molecule is COc1c(-c2ccc3nc(NC(C)=O)sc3c2)cc(-n2ccc(=O)[nH]c2=O)cc1C(C)(C)C. The van der Waals surface area contributed by atoms with Crippen LogP contribution >= 0.6 is 11.3 Å². The third-order valence-electron chi connectivity index (χ3n) is 5.17. The zero-order valence-corrected chi connectivity index (χ0v) is 19.8. The Morgan fingerprint density at radius 1 is 1.15 bits per heavy atom. The summed E-state index contributed by atoms with van der Waals surface area (Å²) in [5, 5.41) is 3.26. The lowest BCUT2D eigenvalue weighted by Crippen LogP contribution is -2.27. The number of carbonyl (C=O) groups excluding carboxylic acids is 1. The number of hydrogen-bond acceptors (Lipinski definition) is 6. The van der Waals surface area contributed by atoms with Crippen molar-refractivity contribution in [3.63, 3.8) is 0 Å². The average molecular weight is 465 g/mol. The molecule has 0 atom stereocenters. The Hall–Kier alpha value is -3.72. The summed E-state index contributed by atoms with van der Waals surface area (Å²) in [7, 11) is 1.63. The fourth-order valence-corrected chi connectivity index (χ4v) is 4.61. The van der Waals surface area contributed by atoms with E-state index >= 15 is 0 Å². The molecular formula is C24H24N4O4S. The van der Waals surface area contributed by atoms with Crippen LogP contribution in [0.2, 0.25) is 0 Å². The van der Waals surface area contributed by atoms with Gasteiger partial charge in [-0.15, -0.1) is 0 Å². The zero-order chi connectivity index (χ0) is 23.9. The summed E-state index contributed by atoms with van der Waals surface area (Å²) in [4.78, 5) is 42.2. The Kier molecular flexibility index (Phi) is 5.67. The second-order valence-corrected chi connectivity index (χ2v) is 9.72. The van der Waals surface area contributed by atoms with Gasteiger partial charge < -0.3 is 10.1 Å². The molecule has 0 spiro atoms. The molecule has 0 fully saturated rings. The van der Waals surface area contributed by atoms with E-state index in [4.69, 9.17) is 4.74 Å². The molecule has 0 radical (unpaired) electrons. The molecule has 2 aromatic heterocycles. The minimum absolute atomic E-state index is 0.176. The van der Waals surface area contributed by atoms with Crippen LogP contribution in [-0.4, -0.2) is 27.6 Å². The highest BCUT2D eigenvalue weighted by molar-refractivity contribution is 7.22. The van der Waals surface area contributed by atoms with Crippen molar-refractivity contribution in [3.8, 4) is 22.6 Å². The Balaban J connectivity index is 1.97. The van der Waals surface area contributed by atoms with Crippen LogP contribution < -0.4 is 21.3 Å². The van der Waals surface area contributed by atoms with Crippen LogP contribution in [-0.2, 0) is 10.2 Å². The number of carbonyl (C=O) groups is 1. The molecule has 170 valence electrons. The smallest absolute Gasteiger partial charge is 0.332 e. The van der Waals surface area contributed by atoms with Crippen molar-refractivity contribution in [1.82, 2.24) is 14.5 Å². The third-order valence-corrected chi connectivity index (χ3v) is 6.10. The second kappa shape index (κ2) is 8.32. The summed E-state index contributed by atoms with van der Waals surface area (Å²) in [5.74, 6) is 0.527. The van der Waals surface area contributed by atoms with Crippen molar-refractivity contribution >= 4 is 32.6 Å². The van der Waals surface area contributed by atoms with Crippen LogP contribution in [0, 0.1) is 0 Å². The molecule has 2 aromatic carbocycles. The molecule has 0 aliphatic rings. The van der Waals surface area contributed by atoms with E-state index in [0.717, 1.165) is 26.9 Å². The number of amides is 1. The molecule has 0 bridgehead atoms. The number of fused-ring (bicyclic) bond motifs is 1. The summed E-state index contributed by atoms with van der Waals surface area (Å²) in [6.07, 6.45) is 1.46. The quantitative estimate of drug-likeness (QED) is 0.474. The predicted molar refractivity (Wildman–Crippen MR) is 131 cm³/mol. The predicted octanol–water partition coefficient (Wildman–Crippen LogP) is 4.07. The molecule has 4 rings (SSSR count). The molecule has 0 saturated heterocycles. The number of benzene rings is 2. The van der Waals surface area contributed by atoms with E-state index in [9.17, 15) is 14.4 Å². The van der Waals surface area contributed by atoms with E-state index in [1.54, 1.807) is 7.11 Å². The van der Waals surface area contributed by atoms with Crippen molar-refractivity contribution in [2.75, 3.05) is 12.4 Å². The molecule has 1 amide bonds. The fourth-order valence-electron chi connectivity index (χ4n) is 3.66. The molecule has 9 heteroatoms. The van der Waals surface area contributed by atoms with Crippen molar-refractivity contribution in [3.05, 3.63) is 69.0 Å². The van der Waals surface area contributed by atoms with Gasteiger partial charge in [-0.3, -0.25) is 19.1 Å². The van der Waals surface area contributed by atoms with E-state index in [0.29, 0.717) is 16.6 Å². The number of methoxy groups -OCH3 is 1. The molecule has 0 saturated carbocycles. The number of nitrogens with zero attached hydrogens (tertiary/aromatic N) is 2.